The zero-order valence-corrected chi connectivity index (χ0v) is 15.2. The highest BCUT2D eigenvalue weighted by molar-refractivity contribution is 5.77. The van der Waals surface area contributed by atoms with Gasteiger partial charge in [0.1, 0.15) is 5.75 Å². The number of nitrogens with zero attached hydrogens (tertiary/aromatic N) is 1. The van der Waals surface area contributed by atoms with Crippen LogP contribution in [-0.4, -0.2) is 17.6 Å². The number of rotatable bonds is 7. The second-order valence-corrected chi connectivity index (χ2v) is 6.33. The van der Waals surface area contributed by atoms with Crippen LogP contribution in [0.1, 0.15) is 29.2 Å². The SMILES string of the molecule is COc1ccc(CNC(=O)C[C@@H](c2ccccc2C)n2cccc2)cc1. The number of amides is 1. The van der Waals surface area contributed by atoms with Gasteiger partial charge >= 0.3 is 0 Å². The fraction of sp³-hybridized carbons (Fsp3) is 0.227. The molecular weight excluding hydrogens is 324 g/mol. The van der Waals surface area contributed by atoms with Crippen LogP contribution >= 0.6 is 0 Å². The summed E-state index contributed by atoms with van der Waals surface area (Å²) in [6, 6.07) is 19.9. The van der Waals surface area contributed by atoms with E-state index in [1.54, 1.807) is 7.11 Å². The van der Waals surface area contributed by atoms with Gasteiger partial charge in [0.05, 0.1) is 19.6 Å². The van der Waals surface area contributed by atoms with Gasteiger partial charge in [0, 0.05) is 18.9 Å². The second-order valence-electron chi connectivity index (χ2n) is 6.33. The van der Waals surface area contributed by atoms with Gasteiger partial charge in [-0.2, -0.15) is 0 Å². The molecule has 0 fully saturated rings. The van der Waals surface area contributed by atoms with Crippen molar-refractivity contribution in [2.75, 3.05) is 7.11 Å². The Morgan fingerprint density at radius 3 is 2.38 bits per heavy atom. The molecule has 0 aliphatic rings. The van der Waals surface area contributed by atoms with Crippen LogP contribution in [0.25, 0.3) is 0 Å². The number of nitrogens with one attached hydrogen (secondary N) is 1. The smallest absolute Gasteiger partial charge is 0.222 e. The predicted octanol–water partition coefficient (Wildman–Crippen LogP) is 4.10. The Balaban J connectivity index is 1.68. The molecule has 0 radical (unpaired) electrons. The molecule has 0 spiro atoms. The van der Waals surface area contributed by atoms with Gasteiger partial charge in [0.25, 0.3) is 0 Å². The summed E-state index contributed by atoms with van der Waals surface area (Å²) in [5.74, 6) is 0.843. The molecule has 0 saturated heterocycles. The lowest BCUT2D eigenvalue weighted by Gasteiger charge is -2.21. The number of aromatic nitrogens is 1. The Hall–Kier alpha value is -3.01. The lowest BCUT2D eigenvalue weighted by Crippen LogP contribution is -2.26. The molecule has 4 heteroatoms. The molecule has 3 rings (SSSR count). The summed E-state index contributed by atoms with van der Waals surface area (Å²) in [5.41, 5.74) is 3.41. The van der Waals surface area contributed by atoms with Crippen molar-refractivity contribution in [1.29, 1.82) is 0 Å². The first-order valence-electron chi connectivity index (χ1n) is 8.75. The quantitative estimate of drug-likeness (QED) is 0.698. The van der Waals surface area contributed by atoms with Gasteiger partial charge in [-0.3, -0.25) is 4.79 Å². The molecule has 1 atom stereocenters. The fourth-order valence-electron chi connectivity index (χ4n) is 3.08. The lowest BCUT2D eigenvalue weighted by molar-refractivity contribution is -0.121. The number of aryl methyl sites for hydroxylation is 1. The van der Waals surface area contributed by atoms with Crippen molar-refractivity contribution >= 4 is 5.91 Å². The van der Waals surface area contributed by atoms with E-state index in [0.29, 0.717) is 13.0 Å². The van der Waals surface area contributed by atoms with Crippen molar-refractivity contribution in [3.05, 3.63) is 89.7 Å². The summed E-state index contributed by atoms with van der Waals surface area (Å²) in [5, 5.41) is 3.02. The maximum Gasteiger partial charge on any atom is 0.222 e. The molecule has 1 heterocycles. The van der Waals surface area contributed by atoms with Crippen molar-refractivity contribution < 1.29 is 9.53 Å². The normalized spacial score (nSPS) is 11.8. The monoisotopic (exact) mass is 348 g/mol. The topological polar surface area (TPSA) is 43.3 Å². The summed E-state index contributed by atoms with van der Waals surface area (Å²) in [6.07, 6.45) is 4.41. The summed E-state index contributed by atoms with van der Waals surface area (Å²) in [6.45, 7) is 2.59. The first-order chi connectivity index (χ1) is 12.7. The average Bonchev–Trinajstić information content (AvgIpc) is 3.20. The average molecular weight is 348 g/mol. The lowest BCUT2D eigenvalue weighted by atomic mass is 9.98. The van der Waals surface area contributed by atoms with Gasteiger partial charge in [-0.1, -0.05) is 36.4 Å². The Labute approximate surface area is 154 Å². The van der Waals surface area contributed by atoms with Gasteiger partial charge in [-0.25, -0.2) is 0 Å². The zero-order valence-electron chi connectivity index (χ0n) is 15.2. The standard InChI is InChI=1S/C22H24N2O2/c1-17-7-3-4-8-20(17)21(24-13-5-6-14-24)15-22(25)23-16-18-9-11-19(26-2)12-10-18/h3-14,21H,15-16H2,1-2H3,(H,23,25)/t21-/m0/s1. The maximum atomic E-state index is 12.6. The summed E-state index contributed by atoms with van der Waals surface area (Å²) < 4.78 is 7.25. The number of ether oxygens (including phenoxy) is 1. The van der Waals surface area contributed by atoms with Crippen molar-refractivity contribution in [1.82, 2.24) is 9.88 Å². The Morgan fingerprint density at radius 1 is 1.04 bits per heavy atom. The number of carbonyl (C=O) groups is 1. The van der Waals surface area contributed by atoms with E-state index in [0.717, 1.165) is 11.3 Å². The Kier molecular flexibility index (Phi) is 5.74. The highest BCUT2D eigenvalue weighted by Gasteiger charge is 2.18. The summed E-state index contributed by atoms with van der Waals surface area (Å²) in [7, 11) is 1.64. The molecule has 1 amide bonds. The molecular formula is C22H24N2O2. The van der Waals surface area contributed by atoms with Crippen molar-refractivity contribution in [3.8, 4) is 5.75 Å². The molecule has 2 aromatic carbocycles. The van der Waals surface area contributed by atoms with Crippen LogP contribution in [-0.2, 0) is 11.3 Å². The van der Waals surface area contributed by atoms with E-state index < -0.39 is 0 Å². The third-order valence-corrected chi connectivity index (χ3v) is 4.56. The summed E-state index contributed by atoms with van der Waals surface area (Å²) >= 11 is 0. The minimum absolute atomic E-state index is 0.0120. The number of methoxy groups -OCH3 is 1. The van der Waals surface area contributed by atoms with E-state index in [9.17, 15) is 4.79 Å². The number of hydrogen-bond donors (Lipinski definition) is 1. The first-order valence-corrected chi connectivity index (χ1v) is 8.75. The van der Waals surface area contributed by atoms with Crippen LogP contribution in [0.4, 0.5) is 0 Å². The van der Waals surface area contributed by atoms with Gasteiger partial charge in [0.15, 0.2) is 0 Å². The summed E-state index contributed by atoms with van der Waals surface area (Å²) in [4.78, 5) is 12.6. The molecule has 0 unspecified atom stereocenters. The molecule has 0 aliphatic heterocycles. The van der Waals surface area contributed by atoms with Crippen LogP contribution < -0.4 is 10.1 Å². The molecule has 134 valence electrons. The van der Waals surface area contributed by atoms with Crippen molar-refractivity contribution in [3.63, 3.8) is 0 Å². The minimum atomic E-state index is -0.0120. The highest BCUT2D eigenvalue weighted by atomic mass is 16.5. The van der Waals surface area contributed by atoms with E-state index in [2.05, 4.69) is 28.9 Å². The molecule has 26 heavy (non-hydrogen) atoms. The maximum absolute atomic E-state index is 12.6. The van der Waals surface area contributed by atoms with Gasteiger partial charge in [0.2, 0.25) is 5.91 Å². The first kappa shape index (κ1) is 17.8. The predicted molar refractivity (Wildman–Crippen MR) is 103 cm³/mol. The largest absolute Gasteiger partial charge is 0.497 e. The van der Waals surface area contributed by atoms with Crippen LogP contribution in [0.15, 0.2) is 73.1 Å². The number of carbonyl (C=O) groups excluding carboxylic acids is 1. The molecule has 3 aromatic rings. The van der Waals surface area contributed by atoms with Crippen molar-refractivity contribution in [2.24, 2.45) is 0 Å². The molecule has 1 aromatic heterocycles. The zero-order chi connectivity index (χ0) is 18.4. The van der Waals surface area contributed by atoms with Crippen LogP contribution in [0.5, 0.6) is 5.75 Å². The van der Waals surface area contributed by atoms with E-state index in [-0.39, 0.29) is 11.9 Å². The van der Waals surface area contributed by atoms with Crippen LogP contribution in [0.3, 0.4) is 0 Å². The van der Waals surface area contributed by atoms with Gasteiger partial charge in [-0.15, -0.1) is 0 Å². The molecule has 0 bridgehead atoms. The van der Waals surface area contributed by atoms with Crippen LogP contribution in [0.2, 0.25) is 0 Å². The number of hydrogen-bond acceptors (Lipinski definition) is 2. The third-order valence-electron chi connectivity index (χ3n) is 4.56. The highest BCUT2D eigenvalue weighted by Crippen LogP contribution is 2.25. The van der Waals surface area contributed by atoms with E-state index in [1.807, 2.05) is 60.9 Å². The van der Waals surface area contributed by atoms with Crippen LogP contribution in [0, 0.1) is 6.92 Å². The van der Waals surface area contributed by atoms with E-state index >= 15 is 0 Å². The molecule has 4 nitrogen and oxygen atoms in total. The molecule has 0 aliphatic carbocycles. The molecule has 0 saturated carbocycles. The second kappa shape index (κ2) is 8.39. The van der Waals surface area contributed by atoms with E-state index in [4.69, 9.17) is 4.74 Å². The number of benzene rings is 2. The molecule has 1 N–H and O–H groups in total. The van der Waals surface area contributed by atoms with Gasteiger partial charge < -0.3 is 14.6 Å². The third kappa shape index (κ3) is 4.33. The Bertz CT molecular complexity index is 839. The van der Waals surface area contributed by atoms with E-state index in [1.165, 1.54) is 11.1 Å². The van der Waals surface area contributed by atoms with Gasteiger partial charge in [-0.05, 0) is 47.9 Å². The van der Waals surface area contributed by atoms with Crippen molar-refractivity contribution in [2.45, 2.75) is 25.9 Å². The fourth-order valence-corrected chi connectivity index (χ4v) is 3.08. The minimum Gasteiger partial charge on any atom is -0.497 e. The Morgan fingerprint density at radius 2 is 1.73 bits per heavy atom.